The third-order valence-electron chi connectivity index (χ3n) is 6.19. The van der Waals surface area contributed by atoms with Crippen LogP contribution in [0.3, 0.4) is 0 Å². The van der Waals surface area contributed by atoms with Gasteiger partial charge in [-0.15, -0.1) is 6.58 Å². The minimum absolute atomic E-state index is 0.0181. The van der Waals surface area contributed by atoms with Gasteiger partial charge in [0.25, 0.3) is 0 Å². The molecule has 0 aliphatic carbocycles. The average Bonchev–Trinajstić information content (AvgIpc) is 3.17. The minimum Gasteiger partial charge on any atom is -0.481 e. The van der Waals surface area contributed by atoms with Gasteiger partial charge in [0, 0.05) is 29.3 Å². The van der Waals surface area contributed by atoms with Gasteiger partial charge in [-0.3, -0.25) is 4.79 Å². The van der Waals surface area contributed by atoms with Crippen molar-refractivity contribution in [3.63, 3.8) is 0 Å². The normalized spacial score (nSPS) is 15.8. The summed E-state index contributed by atoms with van der Waals surface area (Å²) >= 11 is 3.53. The van der Waals surface area contributed by atoms with Gasteiger partial charge in [0.05, 0.1) is 35.5 Å². The van der Waals surface area contributed by atoms with Crippen molar-refractivity contribution in [2.24, 2.45) is 0 Å². The van der Waals surface area contributed by atoms with Crippen molar-refractivity contribution in [3.8, 4) is 11.3 Å². The summed E-state index contributed by atoms with van der Waals surface area (Å²) in [7, 11) is 0. The van der Waals surface area contributed by atoms with Gasteiger partial charge in [0.2, 0.25) is 0 Å². The molecule has 4 rings (SSSR count). The maximum Gasteiger partial charge on any atom is 0.307 e. The lowest BCUT2D eigenvalue weighted by atomic mass is 9.92. The Labute approximate surface area is 196 Å². The fourth-order valence-corrected chi connectivity index (χ4v) is 4.80. The summed E-state index contributed by atoms with van der Waals surface area (Å²) in [5, 5.41) is 14.4. The summed E-state index contributed by atoms with van der Waals surface area (Å²) < 4.78 is 8.90. The molecule has 6 nitrogen and oxygen atoms in total. The zero-order chi connectivity index (χ0) is 22.9. The molecule has 32 heavy (non-hydrogen) atoms. The molecule has 1 fully saturated rings. The maximum absolute atomic E-state index is 11.7. The number of aromatic nitrogens is 2. The van der Waals surface area contributed by atoms with Gasteiger partial charge >= 0.3 is 5.97 Å². The van der Waals surface area contributed by atoms with E-state index in [-0.39, 0.29) is 12.0 Å². The molecule has 1 aromatic carbocycles. The Kier molecular flexibility index (Phi) is 6.40. The Hall–Kier alpha value is -2.64. The van der Waals surface area contributed by atoms with Crippen molar-refractivity contribution in [2.45, 2.75) is 38.7 Å². The topological polar surface area (TPSA) is 67.1 Å². The smallest absolute Gasteiger partial charge is 0.307 e. The van der Waals surface area contributed by atoms with Crippen molar-refractivity contribution in [1.82, 2.24) is 9.61 Å². The van der Waals surface area contributed by atoms with Gasteiger partial charge in [-0.1, -0.05) is 34.1 Å². The first-order valence-electron chi connectivity index (χ1n) is 10.8. The molecule has 2 aromatic heterocycles. The Morgan fingerprint density at radius 2 is 2.09 bits per heavy atom. The molecule has 0 saturated carbocycles. The van der Waals surface area contributed by atoms with Crippen molar-refractivity contribution < 1.29 is 14.6 Å². The van der Waals surface area contributed by atoms with Gasteiger partial charge in [0.1, 0.15) is 0 Å². The zero-order valence-electron chi connectivity index (χ0n) is 18.5. The van der Waals surface area contributed by atoms with Crippen LogP contribution in [-0.4, -0.2) is 46.0 Å². The van der Waals surface area contributed by atoms with E-state index in [1.807, 2.05) is 41.9 Å². The lowest BCUT2D eigenvalue weighted by Crippen LogP contribution is -2.45. The van der Waals surface area contributed by atoms with Crippen LogP contribution in [0.1, 0.15) is 30.9 Å². The fraction of sp³-hybridized carbons (Fsp3) is 0.360. The number of hydrogen-bond donors (Lipinski definition) is 1. The van der Waals surface area contributed by atoms with E-state index >= 15 is 0 Å². The van der Waals surface area contributed by atoms with E-state index in [2.05, 4.69) is 40.4 Å². The molecule has 1 N–H and O–H groups in total. The summed E-state index contributed by atoms with van der Waals surface area (Å²) in [5.41, 5.74) is 5.34. The van der Waals surface area contributed by atoms with Crippen LogP contribution in [0.4, 0.5) is 5.69 Å². The molecule has 0 unspecified atom stereocenters. The molecule has 3 aromatic rings. The Bertz CT molecular complexity index is 1160. The molecule has 1 aliphatic rings. The van der Waals surface area contributed by atoms with E-state index in [0.717, 1.165) is 64.0 Å². The number of anilines is 1. The van der Waals surface area contributed by atoms with E-state index in [9.17, 15) is 9.90 Å². The molecular formula is C25H28BrN3O3. The SMILES string of the molecule is C=CCOC1(C)CCN(c2c(CC(=O)O)c(C)cn3nc(-c4cccc(Br)c4)cc23)CC1. The molecule has 1 aliphatic heterocycles. The van der Waals surface area contributed by atoms with Crippen molar-refractivity contribution in [3.05, 3.63) is 64.8 Å². The number of piperidine rings is 1. The van der Waals surface area contributed by atoms with Crippen molar-refractivity contribution >= 4 is 33.1 Å². The third-order valence-corrected chi connectivity index (χ3v) is 6.68. The maximum atomic E-state index is 11.7. The Balaban J connectivity index is 1.78. The van der Waals surface area contributed by atoms with E-state index < -0.39 is 5.97 Å². The Morgan fingerprint density at radius 1 is 1.34 bits per heavy atom. The van der Waals surface area contributed by atoms with Crippen LogP contribution in [0, 0.1) is 6.92 Å². The fourth-order valence-electron chi connectivity index (χ4n) is 4.40. The number of carboxylic acid groups (broad SMARTS) is 1. The van der Waals surface area contributed by atoms with Gasteiger partial charge in [-0.05, 0) is 56.0 Å². The molecule has 1 saturated heterocycles. The largest absolute Gasteiger partial charge is 0.481 e. The van der Waals surface area contributed by atoms with Gasteiger partial charge in [0.15, 0.2) is 0 Å². The second-order valence-electron chi connectivity index (χ2n) is 8.62. The second-order valence-corrected chi connectivity index (χ2v) is 9.53. The summed E-state index contributed by atoms with van der Waals surface area (Å²) in [6, 6.07) is 10.1. The standard InChI is InChI=1S/C25H28BrN3O3/c1-4-12-32-25(3)8-10-28(11-9-25)24-20(14-23(30)31)17(2)16-29-22(24)15-21(27-29)18-6-5-7-19(26)13-18/h4-7,13,15-16H,1,8-12,14H2,2-3H3,(H,30,31). The number of benzene rings is 1. The third kappa shape index (κ3) is 4.59. The first kappa shape index (κ1) is 22.6. The minimum atomic E-state index is -0.832. The number of aliphatic carboxylic acids is 1. The summed E-state index contributed by atoms with van der Waals surface area (Å²) in [4.78, 5) is 14.0. The average molecular weight is 498 g/mol. The number of ether oxygens (including phenoxy) is 1. The van der Waals surface area contributed by atoms with Crippen LogP contribution in [0.2, 0.25) is 0 Å². The molecule has 0 spiro atoms. The predicted octanol–water partition coefficient (Wildman–Crippen LogP) is 5.26. The first-order valence-corrected chi connectivity index (χ1v) is 11.6. The van der Waals surface area contributed by atoms with E-state index in [0.29, 0.717) is 6.61 Å². The lowest BCUT2D eigenvalue weighted by Gasteiger charge is -2.41. The highest BCUT2D eigenvalue weighted by atomic mass is 79.9. The number of pyridine rings is 1. The number of rotatable bonds is 7. The van der Waals surface area contributed by atoms with Crippen LogP contribution >= 0.6 is 15.9 Å². The zero-order valence-corrected chi connectivity index (χ0v) is 20.1. The van der Waals surface area contributed by atoms with Gasteiger partial charge in [-0.2, -0.15) is 5.10 Å². The summed E-state index contributed by atoms with van der Waals surface area (Å²) in [5.74, 6) is -0.832. The van der Waals surface area contributed by atoms with E-state index in [4.69, 9.17) is 9.84 Å². The number of halogens is 1. The number of fused-ring (bicyclic) bond motifs is 1. The number of carboxylic acids is 1. The van der Waals surface area contributed by atoms with Crippen molar-refractivity contribution in [2.75, 3.05) is 24.6 Å². The van der Waals surface area contributed by atoms with Crippen LogP contribution < -0.4 is 4.90 Å². The molecular weight excluding hydrogens is 470 g/mol. The van der Waals surface area contributed by atoms with Gasteiger partial charge < -0.3 is 14.7 Å². The van der Waals surface area contributed by atoms with Crippen LogP contribution in [0.25, 0.3) is 16.8 Å². The number of nitrogens with zero attached hydrogens (tertiary/aromatic N) is 3. The highest BCUT2D eigenvalue weighted by Gasteiger charge is 2.33. The summed E-state index contributed by atoms with van der Waals surface area (Å²) in [6.07, 6.45) is 5.41. The number of carbonyl (C=O) groups is 1. The Morgan fingerprint density at radius 3 is 2.75 bits per heavy atom. The second kappa shape index (κ2) is 9.08. The summed E-state index contributed by atoms with van der Waals surface area (Å²) in [6.45, 7) is 9.97. The first-order chi connectivity index (χ1) is 15.3. The quantitative estimate of drug-likeness (QED) is 0.450. The monoisotopic (exact) mass is 497 g/mol. The van der Waals surface area contributed by atoms with Gasteiger partial charge in [-0.25, -0.2) is 4.52 Å². The highest BCUT2D eigenvalue weighted by molar-refractivity contribution is 9.10. The molecule has 7 heteroatoms. The lowest BCUT2D eigenvalue weighted by molar-refractivity contribution is -0.136. The molecule has 3 heterocycles. The van der Waals surface area contributed by atoms with E-state index in [1.54, 1.807) is 6.08 Å². The molecule has 0 amide bonds. The van der Waals surface area contributed by atoms with Crippen LogP contribution in [0.5, 0.6) is 0 Å². The molecule has 0 radical (unpaired) electrons. The number of aryl methyl sites for hydroxylation is 1. The van der Waals surface area contributed by atoms with Crippen molar-refractivity contribution in [1.29, 1.82) is 0 Å². The predicted molar refractivity (Wildman–Crippen MR) is 130 cm³/mol. The van der Waals surface area contributed by atoms with Crippen LogP contribution in [0.15, 0.2) is 53.7 Å². The molecule has 0 bridgehead atoms. The highest BCUT2D eigenvalue weighted by Crippen LogP contribution is 2.37. The van der Waals surface area contributed by atoms with Crippen LogP contribution in [-0.2, 0) is 16.0 Å². The van der Waals surface area contributed by atoms with E-state index in [1.165, 1.54) is 0 Å². The molecule has 0 atom stereocenters. The number of hydrogen-bond acceptors (Lipinski definition) is 4. The molecule has 168 valence electrons.